The first kappa shape index (κ1) is 22.2. The molecule has 154 valence electrons. The lowest BCUT2D eigenvalue weighted by Crippen LogP contribution is -2.54. The Morgan fingerprint density at radius 1 is 1.25 bits per heavy atom. The molecule has 0 radical (unpaired) electrons. The molecule has 1 atom stereocenters. The molecule has 1 unspecified atom stereocenters. The molecule has 5 nitrogen and oxygen atoms in total. The number of nitrogens with two attached hydrogens (primary N) is 1. The Morgan fingerprint density at radius 2 is 1.86 bits per heavy atom. The molecule has 1 aromatic carbocycles. The number of hydrogen-bond donors (Lipinski definition) is 1. The van der Waals surface area contributed by atoms with Crippen LogP contribution in [0.5, 0.6) is 0 Å². The van der Waals surface area contributed by atoms with Crippen LogP contribution < -0.4 is 5.73 Å². The van der Waals surface area contributed by atoms with Crippen molar-refractivity contribution in [3.63, 3.8) is 0 Å². The molecule has 3 rings (SSSR count). The highest BCUT2D eigenvalue weighted by Crippen LogP contribution is 2.35. The van der Waals surface area contributed by atoms with Gasteiger partial charge in [0.2, 0.25) is 0 Å². The Kier molecular flexibility index (Phi) is 6.16. The first-order valence-electron chi connectivity index (χ1n) is 8.78. The number of halogens is 4. The van der Waals surface area contributed by atoms with Gasteiger partial charge >= 0.3 is 6.18 Å². The van der Waals surface area contributed by atoms with Crippen molar-refractivity contribution in [2.45, 2.75) is 39.4 Å². The van der Waals surface area contributed by atoms with E-state index in [1.807, 2.05) is 20.8 Å². The third-order valence-corrected chi connectivity index (χ3v) is 5.15. The van der Waals surface area contributed by atoms with Crippen molar-refractivity contribution in [3.8, 4) is 5.69 Å². The van der Waals surface area contributed by atoms with Crippen LogP contribution in [-0.4, -0.2) is 39.7 Å². The quantitative estimate of drug-likeness (QED) is 0.809. The molecule has 1 amide bonds. The Labute approximate surface area is 168 Å². The fraction of sp³-hybridized carbons (Fsp3) is 0.474. The van der Waals surface area contributed by atoms with Crippen molar-refractivity contribution in [2.75, 3.05) is 13.1 Å². The van der Waals surface area contributed by atoms with E-state index in [1.165, 1.54) is 4.90 Å². The molecular weight excluding hydrogens is 393 g/mol. The number of aryl methyl sites for hydroxylation is 1. The zero-order valence-electron chi connectivity index (χ0n) is 16.0. The first-order chi connectivity index (χ1) is 12.5. The van der Waals surface area contributed by atoms with Crippen LogP contribution in [-0.2, 0) is 6.18 Å². The lowest BCUT2D eigenvalue weighted by Gasteiger charge is -2.42. The van der Waals surface area contributed by atoms with Crippen molar-refractivity contribution < 1.29 is 18.0 Å². The number of hydrogen-bond acceptors (Lipinski definition) is 3. The van der Waals surface area contributed by atoms with Gasteiger partial charge in [0.15, 0.2) is 5.69 Å². The van der Waals surface area contributed by atoms with E-state index in [0.717, 1.165) is 16.4 Å². The van der Waals surface area contributed by atoms with Gasteiger partial charge in [-0.15, -0.1) is 12.4 Å². The van der Waals surface area contributed by atoms with Crippen molar-refractivity contribution in [3.05, 3.63) is 47.3 Å². The van der Waals surface area contributed by atoms with Gasteiger partial charge in [0.25, 0.3) is 5.91 Å². The van der Waals surface area contributed by atoms with Gasteiger partial charge in [-0.05, 0) is 30.9 Å². The number of benzene rings is 1. The van der Waals surface area contributed by atoms with Crippen LogP contribution >= 0.6 is 12.4 Å². The molecule has 2 N–H and O–H groups in total. The van der Waals surface area contributed by atoms with Crippen LogP contribution in [0.3, 0.4) is 0 Å². The molecule has 2 aromatic rings. The number of aromatic nitrogens is 2. The zero-order valence-corrected chi connectivity index (χ0v) is 16.8. The molecule has 1 aliphatic heterocycles. The minimum absolute atomic E-state index is 0. The van der Waals surface area contributed by atoms with Crippen LogP contribution in [0.25, 0.3) is 5.69 Å². The fourth-order valence-corrected chi connectivity index (χ4v) is 3.38. The molecule has 1 aliphatic rings. The smallest absolute Gasteiger partial charge is 0.338 e. The Hall–Kier alpha value is -2.06. The Bertz CT molecular complexity index is 846. The summed E-state index contributed by atoms with van der Waals surface area (Å²) in [6.45, 7) is 6.31. The molecule has 1 aromatic heterocycles. The number of nitrogens with zero attached hydrogens (tertiary/aromatic N) is 3. The van der Waals surface area contributed by atoms with Gasteiger partial charge in [-0.25, -0.2) is 4.68 Å². The monoisotopic (exact) mass is 416 g/mol. The number of carbonyl (C=O) groups excluding carboxylic acids is 1. The maximum Gasteiger partial charge on any atom is 0.434 e. The van der Waals surface area contributed by atoms with Gasteiger partial charge in [-0.2, -0.15) is 18.3 Å². The summed E-state index contributed by atoms with van der Waals surface area (Å²) >= 11 is 0. The second kappa shape index (κ2) is 7.75. The standard InChI is InChI=1S/C19H23F3N4O.ClH/c1-12-4-6-13(7-5-12)26-16(19(20,21)22)14(10-24-26)17(27)25-9-8-15(23)18(2,3)11-25;/h4-7,10,15H,8-9,11,23H2,1-3H3;1H. The summed E-state index contributed by atoms with van der Waals surface area (Å²) in [7, 11) is 0. The number of carbonyl (C=O) groups is 1. The van der Waals surface area contributed by atoms with Crippen molar-refractivity contribution >= 4 is 18.3 Å². The van der Waals surface area contributed by atoms with Gasteiger partial charge in [0.05, 0.1) is 17.4 Å². The predicted molar refractivity (Wildman–Crippen MR) is 103 cm³/mol. The zero-order chi connectivity index (χ0) is 20.0. The van der Waals surface area contributed by atoms with E-state index >= 15 is 0 Å². The van der Waals surface area contributed by atoms with Gasteiger partial charge in [0.1, 0.15) is 0 Å². The van der Waals surface area contributed by atoms with Crippen LogP contribution in [0, 0.1) is 12.3 Å². The topological polar surface area (TPSA) is 64.2 Å². The number of rotatable bonds is 2. The summed E-state index contributed by atoms with van der Waals surface area (Å²) in [6.07, 6.45) is -3.16. The number of piperidine rings is 1. The second-order valence-electron chi connectivity index (χ2n) is 7.76. The third-order valence-electron chi connectivity index (χ3n) is 5.15. The van der Waals surface area contributed by atoms with Gasteiger partial charge in [0, 0.05) is 19.1 Å². The van der Waals surface area contributed by atoms with Crippen molar-refractivity contribution in [1.29, 1.82) is 0 Å². The van der Waals surface area contributed by atoms with Crippen LogP contribution in [0.2, 0.25) is 0 Å². The summed E-state index contributed by atoms with van der Waals surface area (Å²) < 4.78 is 42.2. The SMILES string of the molecule is Cc1ccc(-n2ncc(C(=O)N3CCC(N)C(C)(C)C3)c2C(F)(F)F)cc1.Cl. The lowest BCUT2D eigenvalue weighted by atomic mass is 9.79. The summed E-state index contributed by atoms with van der Waals surface area (Å²) in [5, 5.41) is 3.87. The van der Waals surface area contributed by atoms with E-state index in [1.54, 1.807) is 24.3 Å². The van der Waals surface area contributed by atoms with Crippen LogP contribution in [0.15, 0.2) is 30.5 Å². The number of alkyl halides is 3. The lowest BCUT2D eigenvalue weighted by molar-refractivity contribution is -0.143. The highest BCUT2D eigenvalue weighted by atomic mass is 35.5. The van der Waals surface area contributed by atoms with E-state index in [0.29, 0.717) is 19.5 Å². The Balaban J connectivity index is 0.00000280. The third kappa shape index (κ3) is 4.17. The fourth-order valence-electron chi connectivity index (χ4n) is 3.38. The van der Waals surface area contributed by atoms with Crippen molar-refractivity contribution in [2.24, 2.45) is 11.1 Å². The normalized spacial score (nSPS) is 19.2. The summed E-state index contributed by atoms with van der Waals surface area (Å²) in [6, 6.07) is 6.41. The summed E-state index contributed by atoms with van der Waals surface area (Å²) in [4.78, 5) is 14.3. The summed E-state index contributed by atoms with van der Waals surface area (Å²) in [5.74, 6) is -0.666. The average molecular weight is 417 g/mol. The molecule has 1 saturated heterocycles. The highest BCUT2D eigenvalue weighted by molar-refractivity contribution is 5.95. The van der Waals surface area contributed by atoms with Gasteiger partial charge in [-0.1, -0.05) is 31.5 Å². The molecule has 1 fully saturated rings. The largest absolute Gasteiger partial charge is 0.434 e. The number of amides is 1. The molecule has 2 heterocycles. The first-order valence-corrected chi connectivity index (χ1v) is 8.78. The molecule has 9 heteroatoms. The minimum Gasteiger partial charge on any atom is -0.338 e. The molecule has 0 spiro atoms. The van der Waals surface area contributed by atoms with E-state index in [2.05, 4.69) is 5.10 Å². The second-order valence-corrected chi connectivity index (χ2v) is 7.76. The molecular formula is C19H24ClF3N4O. The number of likely N-dealkylation sites (tertiary alicyclic amines) is 1. The molecule has 0 aliphatic carbocycles. The maximum atomic E-state index is 13.8. The molecule has 0 saturated carbocycles. The van der Waals surface area contributed by atoms with E-state index < -0.39 is 23.3 Å². The van der Waals surface area contributed by atoms with Crippen LogP contribution in [0.4, 0.5) is 13.2 Å². The van der Waals surface area contributed by atoms with E-state index in [-0.39, 0.29) is 29.6 Å². The minimum atomic E-state index is -4.71. The predicted octanol–water partition coefficient (Wildman–Crippen LogP) is 3.82. The van der Waals surface area contributed by atoms with Crippen LogP contribution in [0.1, 0.15) is 41.9 Å². The van der Waals surface area contributed by atoms with E-state index in [4.69, 9.17) is 5.73 Å². The molecule has 28 heavy (non-hydrogen) atoms. The van der Waals surface area contributed by atoms with Gasteiger partial charge < -0.3 is 10.6 Å². The van der Waals surface area contributed by atoms with Crippen molar-refractivity contribution in [1.82, 2.24) is 14.7 Å². The van der Waals surface area contributed by atoms with E-state index in [9.17, 15) is 18.0 Å². The van der Waals surface area contributed by atoms with Gasteiger partial charge in [-0.3, -0.25) is 4.79 Å². The average Bonchev–Trinajstić information content (AvgIpc) is 3.02. The Morgan fingerprint density at radius 3 is 2.39 bits per heavy atom. The summed E-state index contributed by atoms with van der Waals surface area (Å²) in [5.41, 5.74) is 5.40. The molecule has 0 bridgehead atoms. The maximum absolute atomic E-state index is 13.8. The highest BCUT2D eigenvalue weighted by Gasteiger charge is 2.43.